The van der Waals surface area contributed by atoms with Crippen LogP contribution in [0.3, 0.4) is 0 Å². The summed E-state index contributed by atoms with van der Waals surface area (Å²) in [5.41, 5.74) is 1.21. The summed E-state index contributed by atoms with van der Waals surface area (Å²) >= 11 is 3.41. The van der Waals surface area contributed by atoms with Gasteiger partial charge >= 0.3 is 0 Å². The monoisotopic (exact) mass is 285 g/mol. The van der Waals surface area contributed by atoms with Crippen LogP contribution in [0.1, 0.15) is 25.8 Å². The van der Waals surface area contributed by atoms with Crippen LogP contribution in [0, 0.1) is 0 Å². The Labute approximate surface area is 106 Å². The van der Waals surface area contributed by atoms with E-state index in [0.717, 1.165) is 30.5 Å². The van der Waals surface area contributed by atoms with E-state index < -0.39 is 0 Å². The minimum atomic E-state index is 0.578. The first-order valence-electron chi connectivity index (χ1n) is 5.72. The SMILES string of the molecule is CC(C)NCCCNCc1cncc(Br)c1. The third-order valence-electron chi connectivity index (χ3n) is 2.17. The normalized spacial score (nSPS) is 11.0. The zero-order valence-corrected chi connectivity index (χ0v) is 11.5. The van der Waals surface area contributed by atoms with E-state index in [2.05, 4.69) is 51.5 Å². The van der Waals surface area contributed by atoms with Gasteiger partial charge in [-0.1, -0.05) is 13.8 Å². The third-order valence-corrected chi connectivity index (χ3v) is 2.61. The fourth-order valence-electron chi connectivity index (χ4n) is 1.39. The van der Waals surface area contributed by atoms with Crippen molar-refractivity contribution >= 4 is 15.9 Å². The lowest BCUT2D eigenvalue weighted by Gasteiger charge is -2.08. The second-order valence-electron chi connectivity index (χ2n) is 4.15. The molecule has 0 aromatic carbocycles. The van der Waals surface area contributed by atoms with Crippen molar-refractivity contribution in [3.05, 3.63) is 28.5 Å². The lowest BCUT2D eigenvalue weighted by molar-refractivity contribution is 0.547. The zero-order valence-electron chi connectivity index (χ0n) is 9.96. The predicted molar refractivity (Wildman–Crippen MR) is 71.4 cm³/mol. The van der Waals surface area contributed by atoms with Crippen LogP contribution in [0.15, 0.2) is 22.9 Å². The van der Waals surface area contributed by atoms with Crippen molar-refractivity contribution < 1.29 is 0 Å². The molecule has 0 amide bonds. The molecule has 0 saturated heterocycles. The van der Waals surface area contributed by atoms with Crippen LogP contribution in [0.5, 0.6) is 0 Å². The Balaban J connectivity index is 2.07. The van der Waals surface area contributed by atoms with Gasteiger partial charge in [-0.3, -0.25) is 4.98 Å². The van der Waals surface area contributed by atoms with E-state index in [1.54, 1.807) is 6.20 Å². The van der Waals surface area contributed by atoms with Crippen LogP contribution in [-0.2, 0) is 6.54 Å². The smallest absolute Gasteiger partial charge is 0.0410 e. The number of pyridine rings is 1. The number of hydrogen-bond donors (Lipinski definition) is 2. The van der Waals surface area contributed by atoms with Gasteiger partial charge in [0.15, 0.2) is 0 Å². The topological polar surface area (TPSA) is 37.0 Å². The van der Waals surface area contributed by atoms with E-state index in [1.165, 1.54) is 5.56 Å². The molecule has 0 unspecified atom stereocenters. The van der Waals surface area contributed by atoms with Gasteiger partial charge in [-0.25, -0.2) is 0 Å². The minimum Gasteiger partial charge on any atom is -0.314 e. The fourth-order valence-corrected chi connectivity index (χ4v) is 1.80. The molecule has 0 saturated carbocycles. The number of aromatic nitrogens is 1. The van der Waals surface area contributed by atoms with E-state index >= 15 is 0 Å². The molecule has 0 bridgehead atoms. The average molecular weight is 286 g/mol. The van der Waals surface area contributed by atoms with Gasteiger partial charge in [0, 0.05) is 29.5 Å². The molecular formula is C12H20BrN3. The molecule has 1 rings (SSSR count). The first kappa shape index (κ1) is 13.6. The standard InChI is InChI=1S/C12H20BrN3/c1-10(2)16-5-3-4-14-7-11-6-12(13)9-15-8-11/h6,8-10,14,16H,3-5,7H2,1-2H3. The molecule has 4 heteroatoms. The highest BCUT2D eigenvalue weighted by atomic mass is 79.9. The van der Waals surface area contributed by atoms with E-state index in [-0.39, 0.29) is 0 Å². The highest BCUT2D eigenvalue weighted by Gasteiger charge is 1.95. The molecule has 1 aromatic rings. The summed E-state index contributed by atoms with van der Waals surface area (Å²) < 4.78 is 1.04. The van der Waals surface area contributed by atoms with Gasteiger partial charge in [0.25, 0.3) is 0 Å². The Kier molecular flexibility index (Phi) is 6.61. The lowest BCUT2D eigenvalue weighted by atomic mass is 10.3. The van der Waals surface area contributed by atoms with Crippen LogP contribution in [0.2, 0.25) is 0 Å². The summed E-state index contributed by atoms with van der Waals surface area (Å²) in [5.74, 6) is 0. The van der Waals surface area contributed by atoms with E-state index in [9.17, 15) is 0 Å². The summed E-state index contributed by atoms with van der Waals surface area (Å²) in [6, 6.07) is 2.67. The van der Waals surface area contributed by atoms with Gasteiger partial charge in [-0.2, -0.15) is 0 Å². The van der Waals surface area contributed by atoms with Gasteiger partial charge in [-0.05, 0) is 47.1 Å². The quantitative estimate of drug-likeness (QED) is 0.755. The summed E-state index contributed by atoms with van der Waals surface area (Å²) in [7, 11) is 0. The molecule has 0 aliphatic rings. The second kappa shape index (κ2) is 7.76. The summed E-state index contributed by atoms with van der Waals surface area (Å²) in [4.78, 5) is 4.12. The highest BCUT2D eigenvalue weighted by molar-refractivity contribution is 9.10. The highest BCUT2D eigenvalue weighted by Crippen LogP contribution is 2.08. The first-order chi connectivity index (χ1) is 7.68. The van der Waals surface area contributed by atoms with Crippen LogP contribution < -0.4 is 10.6 Å². The second-order valence-corrected chi connectivity index (χ2v) is 5.07. The van der Waals surface area contributed by atoms with Crippen molar-refractivity contribution in [2.24, 2.45) is 0 Å². The van der Waals surface area contributed by atoms with Crippen LogP contribution >= 0.6 is 15.9 Å². The third kappa shape index (κ3) is 6.20. The van der Waals surface area contributed by atoms with Gasteiger partial charge in [-0.15, -0.1) is 0 Å². The molecule has 0 spiro atoms. The summed E-state index contributed by atoms with van der Waals surface area (Å²) in [6.45, 7) is 7.32. The molecule has 90 valence electrons. The largest absolute Gasteiger partial charge is 0.314 e. The van der Waals surface area contributed by atoms with Crippen molar-refractivity contribution in [2.45, 2.75) is 32.9 Å². The van der Waals surface area contributed by atoms with Gasteiger partial charge in [0.1, 0.15) is 0 Å². The maximum Gasteiger partial charge on any atom is 0.0410 e. The Morgan fingerprint density at radius 1 is 1.31 bits per heavy atom. The first-order valence-corrected chi connectivity index (χ1v) is 6.51. The number of nitrogens with one attached hydrogen (secondary N) is 2. The van der Waals surface area contributed by atoms with Crippen molar-refractivity contribution in [1.29, 1.82) is 0 Å². The molecule has 0 atom stereocenters. The zero-order chi connectivity index (χ0) is 11.8. The molecule has 2 N–H and O–H groups in total. The predicted octanol–water partition coefficient (Wildman–Crippen LogP) is 2.32. The Bertz CT molecular complexity index is 302. The molecule has 1 heterocycles. The molecule has 1 aromatic heterocycles. The molecule has 0 aliphatic carbocycles. The van der Waals surface area contributed by atoms with Crippen molar-refractivity contribution in [2.75, 3.05) is 13.1 Å². The van der Waals surface area contributed by atoms with Crippen LogP contribution in [0.4, 0.5) is 0 Å². The number of nitrogens with zero attached hydrogens (tertiary/aromatic N) is 1. The van der Waals surface area contributed by atoms with E-state index in [0.29, 0.717) is 6.04 Å². The Hall–Kier alpha value is -0.450. The van der Waals surface area contributed by atoms with Crippen molar-refractivity contribution in [3.8, 4) is 0 Å². The van der Waals surface area contributed by atoms with Crippen molar-refractivity contribution in [1.82, 2.24) is 15.6 Å². The summed E-state index contributed by atoms with van der Waals surface area (Å²) in [5, 5.41) is 6.80. The summed E-state index contributed by atoms with van der Waals surface area (Å²) in [6.07, 6.45) is 4.85. The molecule has 0 aliphatic heterocycles. The van der Waals surface area contributed by atoms with Crippen LogP contribution in [0.25, 0.3) is 0 Å². The van der Waals surface area contributed by atoms with E-state index in [4.69, 9.17) is 0 Å². The Morgan fingerprint density at radius 2 is 2.12 bits per heavy atom. The molecular weight excluding hydrogens is 266 g/mol. The number of rotatable bonds is 7. The number of hydrogen-bond acceptors (Lipinski definition) is 3. The molecule has 3 nitrogen and oxygen atoms in total. The van der Waals surface area contributed by atoms with Crippen LogP contribution in [-0.4, -0.2) is 24.1 Å². The molecule has 0 radical (unpaired) electrons. The van der Waals surface area contributed by atoms with Gasteiger partial charge < -0.3 is 10.6 Å². The van der Waals surface area contributed by atoms with Gasteiger partial charge in [0.2, 0.25) is 0 Å². The number of halogens is 1. The van der Waals surface area contributed by atoms with Crippen molar-refractivity contribution in [3.63, 3.8) is 0 Å². The minimum absolute atomic E-state index is 0.578. The maximum atomic E-state index is 4.12. The Morgan fingerprint density at radius 3 is 2.81 bits per heavy atom. The maximum absolute atomic E-state index is 4.12. The molecule has 16 heavy (non-hydrogen) atoms. The van der Waals surface area contributed by atoms with Gasteiger partial charge in [0.05, 0.1) is 0 Å². The molecule has 0 fully saturated rings. The lowest BCUT2D eigenvalue weighted by Crippen LogP contribution is -2.26. The average Bonchev–Trinajstić information content (AvgIpc) is 2.23. The van der Waals surface area contributed by atoms with E-state index in [1.807, 2.05) is 6.20 Å². The fraction of sp³-hybridized carbons (Fsp3) is 0.583.